The molecule has 0 aliphatic carbocycles. The van der Waals surface area contributed by atoms with Gasteiger partial charge in [-0.1, -0.05) is 17.3 Å². The van der Waals surface area contributed by atoms with Gasteiger partial charge in [-0.2, -0.15) is 0 Å². The van der Waals surface area contributed by atoms with Gasteiger partial charge in [0.2, 0.25) is 0 Å². The van der Waals surface area contributed by atoms with Crippen molar-refractivity contribution >= 4 is 5.97 Å². The number of carboxylic acid groups (broad SMARTS) is 1. The molecule has 1 aromatic carbocycles. The lowest BCUT2D eigenvalue weighted by Gasteiger charge is -2.25. The van der Waals surface area contributed by atoms with Crippen LogP contribution in [-0.2, 0) is 5.41 Å². The number of hydrogen-bond donors (Lipinski definition) is 1. The summed E-state index contributed by atoms with van der Waals surface area (Å²) in [6.45, 7) is 10.2. The molecule has 2 rings (SSSR count). The van der Waals surface area contributed by atoms with Gasteiger partial charge in [0.1, 0.15) is 5.76 Å². The molecule has 0 radical (unpaired) electrons. The van der Waals surface area contributed by atoms with E-state index in [0.29, 0.717) is 5.76 Å². The van der Waals surface area contributed by atoms with E-state index in [-0.39, 0.29) is 5.69 Å². The summed E-state index contributed by atoms with van der Waals surface area (Å²) in [5, 5.41) is 12.5. The van der Waals surface area contributed by atoms with Gasteiger partial charge in [-0.25, -0.2) is 4.79 Å². The molecular formula is C16H19NO3. The highest BCUT2D eigenvalue weighted by Crippen LogP contribution is 2.35. The van der Waals surface area contributed by atoms with Crippen molar-refractivity contribution in [2.24, 2.45) is 0 Å². The Morgan fingerprint density at radius 2 is 1.70 bits per heavy atom. The van der Waals surface area contributed by atoms with Gasteiger partial charge in [-0.05, 0) is 56.9 Å². The standard InChI is InChI=1S/C16H19NO3/c1-9-6-11(3)12(7-10(9)2)16(4,5)14-8-13(15(18)19)17-20-14/h6-8H,1-5H3,(H,18,19). The molecule has 0 atom stereocenters. The molecule has 0 bridgehead atoms. The van der Waals surface area contributed by atoms with Crippen molar-refractivity contribution in [3.63, 3.8) is 0 Å². The Morgan fingerprint density at radius 1 is 1.10 bits per heavy atom. The zero-order chi connectivity index (χ0) is 15.1. The molecular weight excluding hydrogens is 254 g/mol. The van der Waals surface area contributed by atoms with Crippen LogP contribution in [0.2, 0.25) is 0 Å². The Labute approximate surface area is 118 Å². The van der Waals surface area contributed by atoms with E-state index >= 15 is 0 Å². The van der Waals surface area contributed by atoms with Crippen LogP contribution in [0.5, 0.6) is 0 Å². The minimum atomic E-state index is -1.08. The quantitative estimate of drug-likeness (QED) is 0.927. The molecule has 1 aromatic heterocycles. The van der Waals surface area contributed by atoms with Gasteiger partial charge in [0.05, 0.1) is 5.41 Å². The van der Waals surface area contributed by atoms with Gasteiger partial charge >= 0.3 is 5.97 Å². The molecule has 2 aromatic rings. The Bertz CT molecular complexity index is 668. The number of rotatable bonds is 3. The number of benzene rings is 1. The maximum absolute atomic E-state index is 10.9. The molecule has 0 saturated heterocycles. The molecule has 0 aliphatic heterocycles. The molecule has 0 aliphatic rings. The second kappa shape index (κ2) is 4.78. The van der Waals surface area contributed by atoms with E-state index in [4.69, 9.17) is 9.63 Å². The minimum Gasteiger partial charge on any atom is -0.476 e. The summed E-state index contributed by atoms with van der Waals surface area (Å²) in [4.78, 5) is 10.9. The van der Waals surface area contributed by atoms with Crippen molar-refractivity contribution in [2.45, 2.75) is 40.0 Å². The SMILES string of the molecule is Cc1cc(C)c(C(C)(C)c2cc(C(=O)O)no2)cc1C. The van der Waals surface area contributed by atoms with Crippen LogP contribution in [0.3, 0.4) is 0 Å². The van der Waals surface area contributed by atoms with E-state index in [1.165, 1.54) is 17.2 Å². The summed E-state index contributed by atoms with van der Waals surface area (Å²) in [6.07, 6.45) is 0. The highest BCUT2D eigenvalue weighted by Gasteiger charge is 2.30. The van der Waals surface area contributed by atoms with Crippen LogP contribution in [0, 0.1) is 20.8 Å². The number of carbonyl (C=O) groups is 1. The van der Waals surface area contributed by atoms with Crippen LogP contribution < -0.4 is 0 Å². The van der Waals surface area contributed by atoms with Crippen LogP contribution in [0.25, 0.3) is 0 Å². The fourth-order valence-electron chi connectivity index (χ4n) is 2.44. The predicted octanol–water partition coefficient (Wildman–Crippen LogP) is 3.62. The lowest BCUT2D eigenvalue weighted by Crippen LogP contribution is -2.20. The Kier molecular flexibility index (Phi) is 3.42. The molecule has 0 saturated carbocycles. The Morgan fingerprint density at radius 3 is 2.25 bits per heavy atom. The molecule has 0 spiro atoms. The van der Waals surface area contributed by atoms with Gasteiger partial charge in [0.25, 0.3) is 0 Å². The summed E-state index contributed by atoms with van der Waals surface area (Å²) in [5.74, 6) is -0.520. The summed E-state index contributed by atoms with van der Waals surface area (Å²) < 4.78 is 5.24. The van der Waals surface area contributed by atoms with Crippen molar-refractivity contribution in [2.75, 3.05) is 0 Å². The maximum atomic E-state index is 10.9. The van der Waals surface area contributed by atoms with Crippen LogP contribution in [0.1, 0.15) is 52.3 Å². The molecule has 0 fully saturated rings. The molecule has 0 unspecified atom stereocenters. The van der Waals surface area contributed by atoms with E-state index in [1.54, 1.807) is 0 Å². The van der Waals surface area contributed by atoms with E-state index in [2.05, 4.69) is 38.1 Å². The highest BCUT2D eigenvalue weighted by atomic mass is 16.5. The van der Waals surface area contributed by atoms with Gasteiger partial charge in [0, 0.05) is 6.07 Å². The zero-order valence-electron chi connectivity index (χ0n) is 12.4. The van der Waals surface area contributed by atoms with E-state index in [9.17, 15) is 4.79 Å². The number of hydrogen-bond acceptors (Lipinski definition) is 3. The van der Waals surface area contributed by atoms with Gasteiger partial charge in [-0.3, -0.25) is 0 Å². The molecule has 1 N–H and O–H groups in total. The number of nitrogens with zero attached hydrogens (tertiary/aromatic N) is 1. The normalized spacial score (nSPS) is 11.7. The van der Waals surface area contributed by atoms with E-state index < -0.39 is 11.4 Å². The van der Waals surface area contributed by atoms with Crippen LogP contribution in [0.4, 0.5) is 0 Å². The van der Waals surface area contributed by atoms with E-state index in [0.717, 1.165) is 11.1 Å². The number of aromatic carboxylic acids is 1. The lowest BCUT2D eigenvalue weighted by atomic mass is 9.78. The second-order valence-electron chi connectivity index (χ2n) is 5.76. The Hall–Kier alpha value is -2.10. The van der Waals surface area contributed by atoms with Crippen molar-refractivity contribution in [3.05, 3.63) is 51.9 Å². The van der Waals surface area contributed by atoms with Crippen molar-refractivity contribution < 1.29 is 14.4 Å². The number of aryl methyl sites for hydroxylation is 3. The first-order valence-electron chi connectivity index (χ1n) is 6.52. The van der Waals surface area contributed by atoms with E-state index in [1.807, 2.05) is 13.8 Å². The molecule has 4 nitrogen and oxygen atoms in total. The molecule has 1 heterocycles. The molecule has 106 valence electrons. The first-order chi connectivity index (χ1) is 9.23. The second-order valence-corrected chi connectivity index (χ2v) is 5.76. The third kappa shape index (κ3) is 2.33. The highest BCUT2D eigenvalue weighted by molar-refractivity contribution is 5.85. The minimum absolute atomic E-state index is 0.0606. The summed E-state index contributed by atoms with van der Waals surface area (Å²) in [7, 11) is 0. The topological polar surface area (TPSA) is 63.3 Å². The predicted molar refractivity (Wildman–Crippen MR) is 76.2 cm³/mol. The van der Waals surface area contributed by atoms with Crippen LogP contribution in [-0.4, -0.2) is 16.2 Å². The van der Waals surface area contributed by atoms with Crippen LogP contribution >= 0.6 is 0 Å². The average molecular weight is 273 g/mol. The maximum Gasteiger partial charge on any atom is 0.358 e. The van der Waals surface area contributed by atoms with Crippen molar-refractivity contribution in [1.82, 2.24) is 5.16 Å². The summed E-state index contributed by atoms with van der Waals surface area (Å²) in [5.41, 5.74) is 4.24. The summed E-state index contributed by atoms with van der Waals surface area (Å²) in [6, 6.07) is 5.77. The largest absolute Gasteiger partial charge is 0.476 e. The number of aromatic nitrogens is 1. The number of carboxylic acids is 1. The third-order valence-electron chi connectivity index (χ3n) is 3.86. The van der Waals surface area contributed by atoms with Gasteiger partial charge in [-0.15, -0.1) is 0 Å². The lowest BCUT2D eigenvalue weighted by molar-refractivity contribution is 0.0685. The van der Waals surface area contributed by atoms with Crippen molar-refractivity contribution in [3.8, 4) is 0 Å². The average Bonchev–Trinajstić information content (AvgIpc) is 2.83. The molecule has 20 heavy (non-hydrogen) atoms. The molecule has 4 heteroatoms. The van der Waals surface area contributed by atoms with Crippen LogP contribution in [0.15, 0.2) is 22.7 Å². The first kappa shape index (κ1) is 14.3. The monoisotopic (exact) mass is 273 g/mol. The fourth-order valence-corrected chi connectivity index (χ4v) is 2.44. The Balaban J connectivity index is 2.53. The van der Waals surface area contributed by atoms with Gasteiger partial charge < -0.3 is 9.63 Å². The van der Waals surface area contributed by atoms with Crippen molar-refractivity contribution in [1.29, 1.82) is 0 Å². The fraction of sp³-hybridized carbons (Fsp3) is 0.375. The smallest absolute Gasteiger partial charge is 0.358 e. The first-order valence-corrected chi connectivity index (χ1v) is 6.52. The molecule has 0 amide bonds. The van der Waals surface area contributed by atoms with Gasteiger partial charge in [0.15, 0.2) is 5.69 Å². The summed E-state index contributed by atoms with van der Waals surface area (Å²) >= 11 is 0. The third-order valence-corrected chi connectivity index (χ3v) is 3.86. The zero-order valence-corrected chi connectivity index (χ0v) is 12.4.